The van der Waals surface area contributed by atoms with E-state index in [9.17, 15) is 9.59 Å². The lowest BCUT2D eigenvalue weighted by atomic mass is 10.0. The van der Waals surface area contributed by atoms with Crippen molar-refractivity contribution < 1.29 is 14.7 Å². The quantitative estimate of drug-likeness (QED) is 0.677. The summed E-state index contributed by atoms with van der Waals surface area (Å²) in [6, 6.07) is 7.90. The molecule has 1 aliphatic rings. The fourth-order valence-corrected chi connectivity index (χ4v) is 2.98. The SMILES string of the molecule is CCCC(Nc1cccc(C(=O)CCC(=O)O)c1)C1CC1C. The Bertz CT molecular complexity index is 541. The van der Waals surface area contributed by atoms with Crippen molar-refractivity contribution in [2.24, 2.45) is 11.8 Å². The van der Waals surface area contributed by atoms with Crippen LogP contribution in [-0.4, -0.2) is 22.9 Å². The molecular weight excluding hydrogens is 278 g/mol. The number of rotatable bonds is 9. The number of anilines is 1. The zero-order valence-electron chi connectivity index (χ0n) is 13.3. The molecule has 0 aliphatic heterocycles. The summed E-state index contributed by atoms with van der Waals surface area (Å²) in [5.74, 6) is 0.460. The lowest BCUT2D eigenvalue weighted by Crippen LogP contribution is -2.22. The molecule has 2 rings (SSSR count). The fourth-order valence-electron chi connectivity index (χ4n) is 2.98. The van der Waals surface area contributed by atoms with Gasteiger partial charge in [-0.25, -0.2) is 0 Å². The maximum atomic E-state index is 12.0. The number of carboxylic acids is 1. The van der Waals surface area contributed by atoms with Gasteiger partial charge in [-0.15, -0.1) is 0 Å². The normalized spacial score (nSPS) is 21.2. The van der Waals surface area contributed by atoms with Gasteiger partial charge in [0.05, 0.1) is 6.42 Å². The summed E-state index contributed by atoms with van der Waals surface area (Å²) in [4.78, 5) is 22.6. The zero-order valence-corrected chi connectivity index (χ0v) is 13.3. The molecule has 0 heterocycles. The van der Waals surface area contributed by atoms with Gasteiger partial charge in [-0.3, -0.25) is 9.59 Å². The van der Waals surface area contributed by atoms with Crippen LogP contribution in [-0.2, 0) is 4.79 Å². The predicted molar refractivity (Wildman–Crippen MR) is 87.2 cm³/mol. The largest absolute Gasteiger partial charge is 0.481 e. The van der Waals surface area contributed by atoms with Crippen LogP contribution in [0.4, 0.5) is 5.69 Å². The lowest BCUT2D eigenvalue weighted by Gasteiger charge is -2.20. The molecule has 1 aliphatic carbocycles. The number of Topliss-reactive ketones (excluding diaryl/α,β-unsaturated/α-hetero) is 1. The maximum Gasteiger partial charge on any atom is 0.303 e. The summed E-state index contributed by atoms with van der Waals surface area (Å²) in [7, 11) is 0. The number of ketones is 1. The Labute approximate surface area is 131 Å². The predicted octanol–water partition coefficient (Wildman–Crippen LogP) is 3.97. The Morgan fingerprint density at radius 3 is 2.68 bits per heavy atom. The first-order chi connectivity index (χ1) is 10.5. The van der Waals surface area contributed by atoms with Crippen molar-refractivity contribution in [2.75, 3.05) is 5.32 Å². The molecule has 1 aromatic carbocycles. The first-order valence-electron chi connectivity index (χ1n) is 8.12. The monoisotopic (exact) mass is 303 g/mol. The first kappa shape index (κ1) is 16.5. The van der Waals surface area contributed by atoms with Crippen LogP contribution >= 0.6 is 0 Å². The summed E-state index contributed by atoms with van der Waals surface area (Å²) < 4.78 is 0. The highest BCUT2D eigenvalue weighted by Gasteiger charge is 2.38. The molecule has 3 unspecified atom stereocenters. The molecule has 0 spiro atoms. The van der Waals surface area contributed by atoms with Crippen molar-refractivity contribution in [1.82, 2.24) is 0 Å². The van der Waals surface area contributed by atoms with E-state index in [0.717, 1.165) is 30.4 Å². The van der Waals surface area contributed by atoms with Crippen molar-refractivity contribution in [3.05, 3.63) is 29.8 Å². The van der Waals surface area contributed by atoms with Crippen LogP contribution in [0.1, 0.15) is 56.3 Å². The fraction of sp³-hybridized carbons (Fsp3) is 0.556. The summed E-state index contributed by atoms with van der Waals surface area (Å²) in [6.07, 6.45) is 3.48. The van der Waals surface area contributed by atoms with Crippen LogP contribution in [0.3, 0.4) is 0 Å². The van der Waals surface area contributed by atoms with Gasteiger partial charge < -0.3 is 10.4 Å². The van der Waals surface area contributed by atoms with Crippen molar-refractivity contribution in [1.29, 1.82) is 0 Å². The molecule has 1 fully saturated rings. The molecule has 2 N–H and O–H groups in total. The van der Waals surface area contributed by atoms with Gasteiger partial charge in [-0.2, -0.15) is 0 Å². The Morgan fingerprint density at radius 2 is 2.09 bits per heavy atom. The van der Waals surface area contributed by atoms with Gasteiger partial charge in [0.1, 0.15) is 0 Å². The van der Waals surface area contributed by atoms with Crippen LogP contribution < -0.4 is 5.32 Å². The maximum absolute atomic E-state index is 12.0. The van der Waals surface area contributed by atoms with E-state index >= 15 is 0 Å². The standard InChI is InChI=1S/C18H25NO3/c1-3-5-16(15-10-12(15)2)19-14-7-4-6-13(11-14)17(20)8-9-18(21)22/h4,6-7,11-12,15-16,19H,3,5,8-10H2,1-2H3,(H,21,22). The van der Waals surface area contributed by atoms with Gasteiger partial charge in [0.25, 0.3) is 0 Å². The van der Waals surface area contributed by atoms with E-state index in [1.807, 2.05) is 18.2 Å². The van der Waals surface area contributed by atoms with Gasteiger partial charge in [0, 0.05) is 23.7 Å². The molecule has 0 radical (unpaired) electrons. The van der Waals surface area contributed by atoms with Crippen LogP contribution in [0.5, 0.6) is 0 Å². The number of benzene rings is 1. The van der Waals surface area contributed by atoms with E-state index < -0.39 is 5.97 Å². The van der Waals surface area contributed by atoms with Gasteiger partial charge >= 0.3 is 5.97 Å². The summed E-state index contributed by atoms with van der Waals surface area (Å²) in [5.41, 5.74) is 1.55. The van der Waals surface area contributed by atoms with Gasteiger partial charge in [0.2, 0.25) is 0 Å². The highest BCUT2D eigenvalue weighted by Crippen LogP contribution is 2.43. The zero-order chi connectivity index (χ0) is 16.1. The van der Waals surface area contributed by atoms with E-state index in [0.29, 0.717) is 11.6 Å². The Hall–Kier alpha value is -1.84. The van der Waals surface area contributed by atoms with E-state index in [-0.39, 0.29) is 18.6 Å². The van der Waals surface area contributed by atoms with E-state index in [2.05, 4.69) is 19.2 Å². The number of carboxylic acid groups (broad SMARTS) is 1. The van der Waals surface area contributed by atoms with E-state index in [1.54, 1.807) is 6.07 Å². The molecule has 3 atom stereocenters. The minimum atomic E-state index is -0.937. The summed E-state index contributed by atoms with van der Waals surface area (Å²) in [5, 5.41) is 12.2. The number of carbonyl (C=O) groups excluding carboxylic acids is 1. The third-order valence-electron chi connectivity index (χ3n) is 4.39. The molecule has 22 heavy (non-hydrogen) atoms. The van der Waals surface area contributed by atoms with Crippen molar-refractivity contribution in [3.63, 3.8) is 0 Å². The van der Waals surface area contributed by atoms with Crippen LogP contribution in [0.25, 0.3) is 0 Å². The molecule has 1 saturated carbocycles. The Kier molecular flexibility index (Phi) is 5.58. The van der Waals surface area contributed by atoms with Gasteiger partial charge in [-0.1, -0.05) is 32.4 Å². The number of nitrogens with one attached hydrogen (secondary N) is 1. The highest BCUT2D eigenvalue weighted by molar-refractivity contribution is 5.98. The Morgan fingerprint density at radius 1 is 1.36 bits per heavy atom. The molecule has 4 nitrogen and oxygen atoms in total. The second kappa shape index (κ2) is 7.43. The highest BCUT2D eigenvalue weighted by atomic mass is 16.4. The average Bonchev–Trinajstić information content (AvgIpc) is 3.21. The number of carbonyl (C=O) groups is 2. The Balaban J connectivity index is 2.00. The number of hydrogen-bond acceptors (Lipinski definition) is 3. The van der Waals surface area contributed by atoms with Crippen molar-refractivity contribution >= 4 is 17.4 Å². The minimum Gasteiger partial charge on any atom is -0.481 e. The van der Waals surface area contributed by atoms with E-state index in [1.165, 1.54) is 6.42 Å². The second-order valence-electron chi connectivity index (χ2n) is 6.31. The lowest BCUT2D eigenvalue weighted by molar-refractivity contribution is -0.136. The smallest absolute Gasteiger partial charge is 0.303 e. The number of aliphatic carboxylic acids is 1. The summed E-state index contributed by atoms with van der Waals surface area (Å²) >= 11 is 0. The molecule has 120 valence electrons. The van der Waals surface area contributed by atoms with Crippen molar-refractivity contribution in [3.8, 4) is 0 Å². The molecule has 0 amide bonds. The molecule has 0 bridgehead atoms. The van der Waals surface area contributed by atoms with Gasteiger partial charge in [0.15, 0.2) is 5.78 Å². The topological polar surface area (TPSA) is 66.4 Å². The number of hydrogen-bond donors (Lipinski definition) is 2. The van der Waals surface area contributed by atoms with Crippen LogP contribution in [0, 0.1) is 11.8 Å². The third-order valence-corrected chi connectivity index (χ3v) is 4.39. The molecule has 1 aromatic rings. The second-order valence-corrected chi connectivity index (χ2v) is 6.31. The van der Waals surface area contributed by atoms with Crippen LogP contribution in [0.2, 0.25) is 0 Å². The summed E-state index contributed by atoms with van der Waals surface area (Å²) in [6.45, 7) is 4.47. The average molecular weight is 303 g/mol. The molecular formula is C18H25NO3. The van der Waals surface area contributed by atoms with Crippen molar-refractivity contribution in [2.45, 2.75) is 52.0 Å². The first-order valence-corrected chi connectivity index (χ1v) is 8.12. The van der Waals surface area contributed by atoms with E-state index in [4.69, 9.17) is 5.11 Å². The third kappa shape index (κ3) is 4.58. The molecule has 0 aromatic heterocycles. The molecule has 4 heteroatoms. The molecule has 0 saturated heterocycles. The van der Waals surface area contributed by atoms with Gasteiger partial charge in [-0.05, 0) is 36.8 Å². The van der Waals surface area contributed by atoms with Crippen LogP contribution in [0.15, 0.2) is 24.3 Å². The minimum absolute atomic E-state index is 0.0524.